The first-order valence-electron chi connectivity index (χ1n) is 10.3. The maximum Gasteiger partial charge on any atom is 0.193 e. The average Bonchev–Trinajstić information content (AvgIpc) is 3.28. The highest BCUT2D eigenvalue weighted by Gasteiger charge is 2.23. The van der Waals surface area contributed by atoms with Crippen molar-refractivity contribution in [1.82, 2.24) is 0 Å². The monoisotopic (exact) mass is 414 g/mol. The molecule has 0 radical (unpaired) electrons. The Hall–Kier alpha value is -3.75. The zero-order valence-corrected chi connectivity index (χ0v) is 17.5. The van der Waals surface area contributed by atoms with Crippen molar-refractivity contribution >= 4 is 37.3 Å². The summed E-state index contributed by atoms with van der Waals surface area (Å²) >= 11 is 1.82. The fraction of sp³-hybridized carbons (Fsp3) is 0. The van der Waals surface area contributed by atoms with E-state index in [4.69, 9.17) is 0 Å². The molecule has 1 nitrogen and oxygen atoms in total. The van der Waals surface area contributed by atoms with Gasteiger partial charge in [0, 0.05) is 36.9 Å². The van der Waals surface area contributed by atoms with Crippen LogP contribution in [0.4, 0.5) is 0 Å². The largest absolute Gasteiger partial charge is 0.289 e. The smallest absolute Gasteiger partial charge is 0.193 e. The molecular weight excluding hydrogens is 396 g/mol. The summed E-state index contributed by atoms with van der Waals surface area (Å²) in [5.41, 5.74) is 5.86. The highest BCUT2D eigenvalue weighted by atomic mass is 32.1. The second-order valence-corrected chi connectivity index (χ2v) is 8.74. The van der Waals surface area contributed by atoms with Gasteiger partial charge >= 0.3 is 0 Å². The van der Waals surface area contributed by atoms with Crippen molar-refractivity contribution in [3.8, 4) is 22.3 Å². The zero-order valence-electron chi connectivity index (χ0n) is 16.7. The Bertz CT molecular complexity index is 1540. The first-order valence-corrected chi connectivity index (χ1v) is 11.1. The third-order valence-electron chi connectivity index (χ3n) is 5.88. The summed E-state index contributed by atoms with van der Waals surface area (Å²) in [5, 5.41) is 2.55. The summed E-state index contributed by atoms with van der Waals surface area (Å²) in [5.74, 6) is 0.0616. The van der Waals surface area contributed by atoms with Crippen LogP contribution in [0.3, 0.4) is 0 Å². The van der Waals surface area contributed by atoms with E-state index < -0.39 is 0 Å². The van der Waals surface area contributed by atoms with Crippen molar-refractivity contribution in [3.05, 3.63) is 120 Å². The van der Waals surface area contributed by atoms with Crippen molar-refractivity contribution in [3.63, 3.8) is 0 Å². The fourth-order valence-electron chi connectivity index (χ4n) is 4.43. The van der Waals surface area contributed by atoms with Crippen LogP contribution in [-0.2, 0) is 0 Å². The quantitative estimate of drug-likeness (QED) is 0.268. The standard InChI is InChI=1S/C29H18OS/c30-28(19-10-3-1-4-11-19)26-18-25(20-12-5-2-6-13-21(20)26)24-16-9-15-23-22-14-7-8-17-27(22)31-29(23)24/h1-18H. The molecule has 0 aliphatic heterocycles. The molecule has 0 spiro atoms. The third-order valence-corrected chi connectivity index (χ3v) is 7.10. The second kappa shape index (κ2) is 7.19. The number of rotatable bonds is 3. The lowest BCUT2D eigenvalue weighted by Crippen LogP contribution is -2.00. The fourth-order valence-corrected chi connectivity index (χ4v) is 5.66. The van der Waals surface area contributed by atoms with E-state index in [1.807, 2.05) is 59.9 Å². The zero-order chi connectivity index (χ0) is 20.8. The first-order chi connectivity index (χ1) is 15.3. The summed E-state index contributed by atoms with van der Waals surface area (Å²) in [6.07, 6.45) is 0. The minimum absolute atomic E-state index is 0.0616. The van der Waals surface area contributed by atoms with Crippen LogP contribution in [-0.4, -0.2) is 5.78 Å². The van der Waals surface area contributed by atoms with E-state index in [9.17, 15) is 4.79 Å². The number of hydrogen-bond acceptors (Lipinski definition) is 2. The number of carbonyl (C=O) groups excluding carboxylic acids is 1. The normalized spacial score (nSPS) is 11.4. The lowest BCUT2D eigenvalue weighted by atomic mass is 9.99. The maximum absolute atomic E-state index is 13.4. The summed E-state index contributed by atoms with van der Waals surface area (Å²) in [6, 6.07) is 36.9. The molecule has 0 bridgehead atoms. The number of fused-ring (bicyclic) bond motifs is 4. The number of thiophene rings is 1. The van der Waals surface area contributed by atoms with Crippen LogP contribution in [0.5, 0.6) is 0 Å². The van der Waals surface area contributed by atoms with E-state index in [1.165, 1.54) is 25.7 Å². The minimum atomic E-state index is 0.0616. The van der Waals surface area contributed by atoms with Gasteiger partial charge in [0.2, 0.25) is 0 Å². The first kappa shape index (κ1) is 18.1. The Labute approximate surface area is 184 Å². The summed E-state index contributed by atoms with van der Waals surface area (Å²) < 4.78 is 2.55. The molecule has 1 aromatic heterocycles. The molecule has 3 aromatic carbocycles. The summed E-state index contributed by atoms with van der Waals surface area (Å²) in [7, 11) is 0. The molecule has 31 heavy (non-hydrogen) atoms. The van der Waals surface area contributed by atoms with Gasteiger partial charge in [-0.3, -0.25) is 4.79 Å². The van der Waals surface area contributed by atoms with E-state index in [1.54, 1.807) is 0 Å². The van der Waals surface area contributed by atoms with Crippen LogP contribution in [0, 0.1) is 0 Å². The van der Waals surface area contributed by atoms with Gasteiger partial charge in [-0.05, 0) is 28.8 Å². The molecule has 0 saturated heterocycles. The van der Waals surface area contributed by atoms with Crippen LogP contribution >= 0.6 is 11.3 Å². The van der Waals surface area contributed by atoms with Crippen molar-refractivity contribution in [1.29, 1.82) is 0 Å². The van der Waals surface area contributed by atoms with Crippen LogP contribution in [0.1, 0.15) is 15.9 Å². The number of carbonyl (C=O) groups is 1. The molecule has 2 aliphatic rings. The van der Waals surface area contributed by atoms with Crippen molar-refractivity contribution in [2.75, 3.05) is 0 Å². The Morgan fingerprint density at radius 3 is 2.03 bits per heavy atom. The van der Waals surface area contributed by atoms with Crippen molar-refractivity contribution in [2.45, 2.75) is 0 Å². The molecule has 6 rings (SSSR count). The number of benzene rings is 3. The molecule has 0 N–H and O–H groups in total. The SMILES string of the molecule is O=C(c1ccccc1)c1cc(-c2cccc3c2sc2ccccc23)c2cccccc1-2. The Kier molecular flexibility index (Phi) is 4.19. The number of ketones is 1. The van der Waals surface area contributed by atoms with Gasteiger partial charge in [0.15, 0.2) is 5.78 Å². The predicted octanol–water partition coefficient (Wildman–Crippen LogP) is 8.06. The Morgan fingerprint density at radius 2 is 1.19 bits per heavy atom. The van der Waals surface area contributed by atoms with Gasteiger partial charge in [-0.2, -0.15) is 0 Å². The maximum atomic E-state index is 13.4. The highest BCUT2D eigenvalue weighted by Crippen LogP contribution is 2.45. The predicted molar refractivity (Wildman–Crippen MR) is 131 cm³/mol. The van der Waals surface area contributed by atoms with E-state index in [0.29, 0.717) is 5.56 Å². The number of hydrogen-bond donors (Lipinski definition) is 0. The topological polar surface area (TPSA) is 17.1 Å². The van der Waals surface area contributed by atoms with Crippen LogP contribution in [0.2, 0.25) is 0 Å². The van der Waals surface area contributed by atoms with Gasteiger partial charge in [0.05, 0.1) is 0 Å². The average molecular weight is 415 g/mol. The lowest BCUT2D eigenvalue weighted by Gasteiger charge is -2.04. The van der Waals surface area contributed by atoms with Gasteiger partial charge < -0.3 is 0 Å². The molecule has 2 aliphatic carbocycles. The van der Waals surface area contributed by atoms with Gasteiger partial charge in [-0.15, -0.1) is 11.3 Å². The molecule has 146 valence electrons. The van der Waals surface area contributed by atoms with Gasteiger partial charge in [0.1, 0.15) is 0 Å². The minimum Gasteiger partial charge on any atom is -0.289 e. The van der Waals surface area contributed by atoms with E-state index in [0.717, 1.165) is 22.3 Å². The highest BCUT2D eigenvalue weighted by molar-refractivity contribution is 7.26. The van der Waals surface area contributed by atoms with Gasteiger partial charge in [-0.25, -0.2) is 0 Å². The van der Waals surface area contributed by atoms with E-state index in [2.05, 4.69) is 60.7 Å². The molecule has 0 unspecified atom stereocenters. The molecule has 0 saturated carbocycles. The van der Waals surface area contributed by atoms with Crippen LogP contribution in [0.15, 0.2) is 109 Å². The van der Waals surface area contributed by atoms with Crippen LogP contribution in [0.25, 0.3) is 42.4 Å². The molecule has 1 heterocycles. The van der Waals surface area contributed by atoms with E-state index in [-0.39, 0.29) is 5.78 Å². The van der Waals surface area contributed by atoms with Gasteiger partial charge in [0.25, 0.3) is 0 Å². The molecular formula is C29H18OS. The second-order valence-electron chi connectivity index (χ2n) is 7.69. The van der Waals surface area contributed by atoms with Crippen molar-refractivity contribution in [2.24, 2.45) is 0 Å². The van der Waals surface area contributed by atoms with Gasteiger partial charge in [-0.1, -0.05) is 97.1 Å². The molecule has 2 heteroatoms. The summed E-state index contributed by atoms with van der Waals surface area (Å²) in [4.78, 5) is 13.4. The Morgan fingerprint density at radius 1 is 0.548 bits per heavy atom. The molecule has 0 amide bonds. The molecule has 0 atom stereocenters. The molecule has 0 fully saturated rings. The van der Waals surface area contributed by atoms with Crippen LogP contribution < -0.4 is 0 Å². The molecule has 4 aromatic rings. The van der Waals surface area contributed by atoms with E-state index >= 15 is 0 Å². The third kappa shape index (κ3) is 2.88. The summed E-state index contributed by atoms with van der Waals surface area (Å²) in [6.45, 7) is 0. The van der Waals surface area contributed by atoms with Crippen molar-refractivity contribution < 1.29 is 4.79 Å². The Balaban J connectivity index is 1.64. The lowest BCUT2D eigenvalue weighted by molar-refractivity contribution is 0.103.